The molecule has 6 nitrogen and oxygen atoms in total. The molecule has 0 spiro atoms. The fourth-order valence-corrected chi connectivity index (χ4v) is 1.79. The van der Waals surface area contributed by atoms with Crippen LogP contribution in [0.25, 0.3) is 0 Å². The number of likely N-dealkylation sites (N-methyl/N-ethyl adjacent to an activating group) is 1. The number of H-pyrrole nitrogens is 1. The molecule has 1 amide bonds. The van der Waals surface area contributed by atoms with Crippen LogP contribution in [0.2, 0.25) is 0 Å². The summed E-state index contributed by atoms with van der Waals surface area (Å²) in [7, 11) is 1.75. The molecule has 2 heterocycles. The number of nitrogens with zero attached hydrogens (tertiary/aromatic N) is 4. The minimum absolute atomic E-state index is 0.155. The highest BCUT2D eigenvalue weighted by atomic mass is 16.2. The fourth-order valence-electron chi connectivity index (χ4n) is 1.79. The summed E-state index contributed by atoms with van der Waals surface area (Å²) < 4.78 is 0. The van der Waals surface area contributed by atoms with Crippen molar-refractivity contribution in [1.82, 2.24) is 25.1 Å². The average molecular weight is 287 g/mol. The van der Waals surface area contributed by atoms with Gasteiger partial charge >= 0.3 is 0 Å². The number of carbonyl (C=O) groups excluding carboxylic acids is 1. The smallest absolute Gasteiger partial charge is 0.293 e. The standard InChI is InChI=1S/C15H21N5O/c1-15(2,3)14-17-12(18-19-14)13(21)20(4)10-8-11-7-5-6-9-16-11/h5-7,9H,8,10H2,1-4H3,(H,17,18,19). The summed E-state index contributed by atoms with van der Waals surface area (Å²) in [5.41, 5.74) is 0.806. The van der Waals surface area contributed by atoms with Crippen LogP contribution in [0.15, 0.2) is 24.4 Å². The van der Waals surface area contributed by atoms with Crippen LogP contribution in [0.3, 0.4) is 0 Å². The number of pyridine rings is 1. The van der Waals surface area contributed by atoms with Crippen LogP contribution in [0.1, 0.15) is 42.9 Å². The monoisotopic (exact) mass is 287 g/mol. The van der Waals surface area contributed by atoms with Crippen LogP contribution in [0.5, 0.6) is 0 Å². The maximum absolute atomic E-state index is 12.3. The topological polar surface area (TPSA) is 74.8 Å². The lowest BCUT2D eigenvalue weighted by Crippen LogP contribution is -2.30. The highest BCUT2D eigenvalue weighted by molar-refractivity contribution is 5.90. The minimum Gasteiger partial charge on any atom is -0.339 e. The van der Waals surface area contributed by atoms with E-state index in [2.05, 4.69) is 20.2 Å². The summed E-state index contributed by atoms with van der Waals surface area (Å²) in [5.74, 6) is 0.741. The number of rotatable bonds is 4. The largest absolute Gasteiger partial charge is 0.339 e. The van der Waals surface area contributed by atoms with E-state index in [4.69, 9.17) is 0 Å². The number of carbonyl (C=O) groups is 1. The van der Waals surface area contributed by atoms with Gasteiger partial charge < -0.3 is 4.90 Å². The van der Waals surface area contributed by atoms with Gasteiger partial charge in [0.1, 0.15) is 5.82 Å². The normalized spacial score (nSPS) is 11.4. The second-order valence-corrected chi connectivity index (χ2v) is 6.06. The average Bonchev–Trinajstić information content (AvgIpc) is 2.95. The lowest BCUT2D eigenvalue weighted by molar-refractivity contribution is 0.0784. The van der Waals surface area contributed by atoms with Crippen LogP contribution in [-0.2, 0) is 11.8 Å². The van der Waals surface area contributed by atoms with E-state index in [1.807, 2.05) is 39.0 Å². The predicted molar refractivity (Wildman–Crippen MR) is 80.0 cm³/mol. The van der Waals surface area contributed by atoms with Gasteiger partial charge in [0, 0.05) is 37.3 Å². The molecule has 0 aromatic carbocycles. The molecule has 0 aliphatic heterocycles. The molecule has 2 aromatic rings. The molecule has 0 saturated carbocycles. The molecular weight excluding hydrogens is 266 g/mol. The molecule has 0 aliphatic carbocycles. The van der Waals surface area contributed by atoms with Crippen molar-refractivity contribution in [3.63, 3.8) is 0 Å². The third-order valence-electron chi connectivity index (χ3n) is 3.16. The van der Waals surface area contributed by atoms with Gasteiger partial charge in [-0.2, -0.15) is 0 Å². The first kappa shape index (κ1) is 15.2. The molecule has 2 aromatic heterocycles. The Labute approximate surface area is 124 Å². The Bertz CT molecular complexity index is 600. The number of amides is 1. The van der Waals surface area contributed by atoms with Crippen molar-refractivity contribution in [3.05, 3.63) is 41.7 Å². The van der Waals surface area contributed by atoms with Crippen LogP contribution in [0, 0.1) is 0 Å². The summed E-state index contributed by atoms with van der Waals surface area (Å²) in [6, 6.07) is 5.76. The lowest BCUT2D eigenvalue weighted by atomic mass is 9.96. The first-order chi connectivity index (χ1) is 9.88. The van der Waals surface area contributed by atoms with Crippen molar-refractivity contribution < 1.29 is 4.79 Å². The quantitative estimate of drug-likeness (QED) is 0.930. The Morgan fingerprint density at radius 3 is 2.67 bits per heavy atom. The van der Waals surface area contributed by atoms with Crippen molar-refractivity contribution in [1.29, 1.82) is 0 Å². The zero-order valence-electron chi connectivity index (χ0n) is 12.9. The third-order valence-corrected chi connectivity index (χ3v) is 3.16. The van der Waals surface area contributed by atoms with Crippen LogP contribution in [-0.4, -0.2) is 44.6 Å². The molecule has 0 bridgehead atoms. The summed E-state index contributed by atoms with van der Waals surface area (Å²) >= 11 is 0. The first-order valence-electron chi connectivity index (χ1n) is 6.96. The molecule has 0 unspecified atom stereocenters. The van der Waals surface area contributed by atoms with Gasteiger partial charge in [0.05, 0.1) is 0 Å². The molecule has 0 atom stereocenters. The zero-order chi connectivity index (χ0) is 15.5. The van der Waals surface area contributed by atoms with Crippen LogP contribution < -0.4 is 0 Å². The molecule has 0 radical (unpaired) electrons. The second-order valence-electron chi connectivity index (χ2n) is 6.06. The number of nitrogens with one attached hydrogen (secondary N) is 1. The Hall–Kier alpha value is -2.24. The Morgan fingerprint density at radius 2 is 2.10 bits per heavy atom. The lowest BCUT2D eigenvalue weighted by Gasteiger charge is -2.15. The Morgan fingerprint density at radius 1 is 1.33 bits per heavy atom. The maximum atomic E-state index is 12.3. The van der Waals surface area contributed by atoms with E-state index in [0.29, 0.717) is 18.8 Å². The highest BCUT2D eigenvalue weighted by Crippen LogP contribution is 2.17. The maximum Gasteiger partial charge on any atom is 0.293 e. The molecule has 0 fully saturated rings. The molecule has 21 heavy (non-hydrogen) atoms. The summed E-state index contributed by atoms with van der Waals surface area (Å²) in [4.78, 5) is 22.4. The minimum atomic E-state index is -0.183. The zero-order valence-corrected chi connectivity index (χ0v) is 12.9. The van der Waals surface area contributed by atoms with Crippen molar-refractivity contribution in [2.24, 2.45) is 0 Å². The van der Waals surface area contributed by atoms with Gasteiger partial charge in [-0.1, -0.05) is 26.8 Å². The van der Waals surface area contributed by atoms with Gasteiger partial charge in [0.2, 0.25) is 5.82 Å². The molecule has 1 N–H and O–H groups in total. The van der Waals surface area contributed by atoms with Gasteiger partial charge in [0.25, 0.3) is 5.91 Å². The molecule has 2 rings (SSSR count). The first-order valence-corrected chi connectivity index (χ1v) is 6.96. The predicted octanol–water partition coefficient (Wildman–Crippen LogP) is 1.81. The molecule has 0 aliphatic rings. The van der Waals surface area contributed by atoms with Crippen LogP contribution >= 0.6 is 0 Å². The highest BCUT2D eigenvalue weighted by Gasteiger charge is 2.22. The fraction of sp³-hybridized carbons (Fsp3) is 0.467. The van der Waals surface area contributed by atoms with E-state index in [9.17, 15) is 4.79 Å². The van der Waals surface area contributed by atoms with Crippen molar-refractivity contribution in [2.45, 2.75) is 32.6 Å². The summed E-state index contributed by atoms with van der Waals surface area (Å²) in [6.07, 6.45) is 2.46. The molecule has 112 valence electrons. The van der Waals surface area contributed by atoms with E-state index in [0.717, 1.165) is 5.69 Å². The van der Waals surface area contributed by atoms with Gasteiger partial charge in [-0.15, -0.1) is 5.10 Å². The van der Waals surface area contributed by atoms with Gasteiger partial charge in [-0.05, 0) is 12.1 Å². The van der Waals surface area contributed by atoms with E-state index < -0.39 is 0 Å². The SMILES string of the molecule is CN(CCc1ccccn1)C(=O)c1n[nH]c(C(C)(C)C)n1. The molecular formula is C15H21N5O. The molecule has 6 heteroatoms. The van der Waals surface area contributed by atoms with Gasteiger partial charge in [-0.3, -0.25) is 14.9 Å². The molecule has 0 saturated heterocycles. The van der Waals surface area contributed by atoms with E-state index in [1.165, 1.54) is 0 Å². The van der Waals surface area contributed by atoms with Crippen molar-refractivity contribution in [3.8, 4) is 0 Å². The number of aromatic nitrogens is 4. The summed E-state index contributed by atoms with van der Waals surface area (Å²) in [5, 5.41) is 6.85. The van der Waals surface area contributed by atoms with Crippen molar-refractivity contribution >= 4 is 5.91 Å². The summed E-state index contributed by atoms with van der Waals surface area (Å²) in [6.45, 7) is 6.64. The van der Waals surface area contributed by atoms with E-state index >= 15 is 0 Å². The van der Waals surface area contributed by atoms with Gasteiger partial charge in [0.15, 0.2) is 0 Å². The third kappa shape index (κ3) is 3.87. The second kappa shape index (κ2) is 6.03. The number of hydrogen-bond donors (Lipinski definition) is 1. The van der Waals surface area contributed by atoms with Crippen LogP contribution in [0.4, 0.5) is 0 Å². The Balaban J connectivity index is 1.98. The Kier molecular flexibility index (Phi) is 4.35. The van der Waals surface area contributed by atoms with E-state index in [-0.39, 0.29) is 17.1 Å². The van der Waals surface area contributed by atoms with E-state index in [1.54, 1.807) is 18.1 Å². The van der Waals surface area contributed by atoms with Crippen molar-refractivity contribution in [2.75, 3.05) is 13.6 Å². The van der Waals surface area contributed by atoms with Gasteiger partial charge in [-0.25, -0.2) is 4.98 Å². The number of aromatic amines is 1. The number of hydrogen-bond acceptors (Lipinski definition) is 4.